The molecule has 0 unspecified atom stereocenters. The van der Waals surface area contributed by atoms with Crippen LogP contribution in [-0.4, -0.2) is 17.5 Å². The minimum absolute atomic E-state index is 0.180. The fourth-order valence-corrected chi connectivity index (χ4v) is 1.44. The standard InChI is InChI=1S/C13H13FN2O3/c1-9-16-11(7-18-9)6-15-13(17)8-19-12-4-2-3-10(14)5-12/h2-5,7H,6,8H2,1H3,(H,15,17). The van der Waals surface area contributed by atoms with Crippen molar-refractivity contribution in [1.82, 2.24) is 10.3 Å². The largest absolute Gasteiger partial charge is 0.484 e. The van der Waals surface area contributed by atoms with E-state index in [9.17, 15) is 9.18 Å². The van der Waals surface area contributed by atoms with E-state index < -0.39 is 5.82 Å². The fraction of sp³-hybridized carbons (Fsp3) is 0.231. The Hall–Kier alpha value is -2.37. The first kappa shape index (κ1) is 13.1. The number of rotatable bonds is 5. The summed E-state index contributed by atoms with van der Waals surface area (Å²) in [5, 5.41) is 2.62. The molecule has 100 valence electrons. The number of benzene rings is 1. The number of hydrogen-bond acceptors (Lipinski definition) is 4. The molecule has 1 amide bonds. The predicted molar refractivity (Wildman–Crippen MR) is 65.0 cm³/mol. The Morgan fingerprint density at radius 2 is 2.37 bits per heavy atom. The van der Waals surface area contributed by atoms with Gasteiger partial charge in [0, 0.05) is 13.0 Å². The molecule has 5 nitrogen and oxygen atoms in total. The number of carbonyl (C=O) groups is 1. The zero-order chi connectivity index (χ0) is 13.7. The fourth-order valence-electron chi connectivity index (χ4n) is 1.44. The molecule has 0 aliphatic heterocycles. The van der Waals surface area contributed by atoms with E-state index in [0.717, 1.165) is 0 Å². The summed E-state index contributed by atoms with van der Waals surface area (Å²) in [4.78, 5) is 15.5. The smallest absolute Gasteiger partial charge is 0.258 e. The second kappa shape index (κ2) is 5.99. The molecule has 0 spiro atoms. The van der Waals surface area contributed by atoms with E-state index >= 15 is 0 Å². The SMILES string of the molecule is Cc1nc(CNC(=O)COc2cccc(F)c2)co1. The number of aryl methyl sites for hydroxylation is 1. The van der Waals surface area contributed by atoms with Crippen molar-refractivity contribution in [3.05, 3.63) is 47.9 Å². The van der Waals surface area contributed by atoms with Crippen LogP contribution in [0.2, 0.25) is 0 Å². The highest BCUT2D eigenvalue weighted by Gasteiger charge is 2.05. The highest BCUT2D eigenvalue weighted by atomic mass is 19.1. The third kappa shape index (κ3) is 4.09. The van der Waals surface area contributed by atoms with E-state index in [0.29, 0.717) is 17.3 Å². The summed E-state index contributed by atoms with van der Waals surface area (Å²) >= 11 is 0. The van der Waals surface area contributed by atoms with Crippen LogP contribution in [0, 0.1) is 12.7 Å². The van der Waals surface area contributed by atoms with Crippen molar-refractivity contribution in [3.63, 3.8) is 0 Å². The molecule has 6 heteroatoms. The van der Waals surface area contributed by atoms with E-state index in [1.165, 1.54) is 24.5 Å². The van der Waals surface area contributed by atoms with E-state index in [-0.39, 0.29) is 19.1 Å². The first-order valence-electron chi connectivity index (χ1n) is 5.69. The van der Waals surface area contributed by atoms with Gasteiger partial charge in [-0.1, -0.05) is 6.07 Å². The highest BCUT2D eigenvalue weighted by molar-refractivity contribution is 5.77. The van der Waals surface area contributed by atoms with Gasteiger partial charge in [0.05, 0.1) is 12.2 Å². The number of oxazole rings is 1. The molecule has 1 N–H and O–H groups in total. The van der Waals surface area contributed by atoms with Crippen LogP contribution in [-0.2, 0) is 11.3 Å². The Labute approximate surface area is 109 Å². The van der Waals surface area contributed by atoms with Crippen molar-refractivity contribution < 1.29 is 18.3 Å². The summed E-state index contributed by atoms with van der Waals surface area (Å²) in [6.45, 7) is 1.81. The van der Waals surface area contributed by atoms with Gasteiger partial charge in [0.1, 0.15) is 17.8 Å². The molecule has 0 bridgehead atoms. The Morgan fingerprint density at radius 3 is 3.05 bits per heavy atom. The molecule has 0 aliphatic rings. The maximum absolute atomic E-state index is 12.9. The average molecular weight is 264 g/mol. The van der Waals surface area contributed by atoms with Gasteiger partial charge in [-0.25, -0.2) is 9.37 Å². The third-order valence-corrected chi connectivity index (χ3v) is 2.30. The van der Waals surface area contributed by atoms with Gasteiger partial charge in [0.25, 0.3) is 5.91 Å². The van der Waals surface area contributed by atoms with Crippen molar-refractivity contribution in [1.29, 1.82) is 0 Å². The zero-order valence-electron chi connectivity index (χ0n) is 10.4. The van der Waals surface area contributed by atoms with Gasteiger partial charge in [-0.3, -0.25) is 4.79 Å². The molecular weight excluding hydrogens is 251 g/mol. The van der Waals surface area contributed by atoms with Gasteiger partial charge in [-0.15, -0.1) is 0 Å². The molecule has 1 aromatic heterocycles. The molecular formula is C13H13FN2O3. The maximum Gasteiger partial charge on any atom is 0.258 e. The van der Waals surface area contributed by atoms with E-state index in [2.05, 4.69) is 10.3 Å². The van der Waals surface area contributed by atoms with Crippen LogP contribution in [0.1, 0.15) is 11.6 Å². The Morgan fingerprint density at radius 1 is 1.53 bits per heavy atom. The molecule has 2 aromatic rings. The number of carbonyl (C=O) groups excluding carboxylic acids is 1. The number of amides is 1. The number of aromatic nitrogens is 1. The summed E-state index contributed by atoms with van der Waals surface area (Å²) < 4.78 is 23.0. The lowest BCUT2D eigenvalue weighted by molar-refractivity contribution is -0.123. The molecule has 0 atom stereocenters. The predicted octanol–water partition coefficient (Wildman–Crippen LogP) is 1.82. The summed E-state index contributed by atoms with van der Waals surface area (Å²) in [6.07, 6.45) is 1.48. The van der Waals surface area contributed by atoms with Crippen molar-refractivity contribution in [2.24, 2.45) is 0 Å². The second-order valence-corrected chi connectivity index (χ2v) is 3.88. The minimum atomic E-state index is -0.406. The number of halogens is 1. The number of nitrogens with one attached hydrogen (secondary N) is 1. The van der Waals surface area contributed by atoms with Crippen LogP contribution in [0.15, 0.2) is 34.9 Å². The van der Waals surface area contributed by atoms with Crippen LogP contribution in [0.5, 0.6) is 5.75 Å². The van der Waals surface area contributed by atoms with Gasteiger partial charge in [0.2, 0.25) is 0 Å². The number of hydrogen-bond donors (Lipinski definition) is 1. The van der Waals surface area contributed by atoms with Crippen LogP contribution >= 0.6 is 0 Å². The number of nitrogens with zero attached hydrogens (tertiary/aromatic N) is 1. The second-order valence-electron chi connectivity index (χ2n) is 3.88. The van der Waals surface area contributed by atoms with Crippen molar-refractivity contribution >= 4 is 5.91 Å². The molecule has 1 heterocycles. The van der Waals surface area contributed by atoms with Crippen molar-refractivity contribution in [3.8, 4) is 5.75 Å². The topological polar surface area (TPSA) is 64.4 Å². The normalized spacial score (nSPS) is 10.2. The Kier molecular flexibility index (Phi) is 4.12. The van der Waals surface area contributed by atoms with Crippen LogP contribution in [0.4, 0.5) is 4.39 Å². The van der Waals surface area contributed by atoms with Crippen LogP contribution in [0.25, 0.3) is 0 Å². The molecule has 0 saturated carbocycles. The van der Waals surface area contributed by atoms with Gasteiger partial charge in [0.15, 0.2) is 12.5 Å². The summed E-state index contributed by atoms with van der Waals surface area (Å²) in [5.41, 5.74) is 0.636. The summed E-state index contributed by atoms with van der Waals surface area (Å²) in [7, 11) is 0. The molecule has 1 aromatic carbocycles. The van der Waals surface area contributed by atoms with Crippen LogP contribution in [0.3, 0.4) is 0 Å². The molecule has 0 radical (unpaired) electrons. The molecule has 0 saturated heterocycles. The quantitative estimate of drug-likeness (QED) is 0.894. The van der Waals surface area contributed by atoms with Gasteiger partial charge in [-0.05, 0) is 12.1 Å². The zero-order valence-corrected chi connectivity index (χ0v) is 10.4. The lowest BCUT2D eigenvalue weighted by Gasteiger charge is -2.06. The molecule has 0 aliphatic carbocycles. The monoisotopic (exact) mass is 264 g/mol. The van der Waals surface area contributed by atoms with Crippen molar-refractivity contribution in [2.45, 2.75) is 13.5 Å². The summed E-state index contributed by atoms with van der Waals surface area (Å²) in [6, 6.07) is 5.62. The lowest BCUT2D eigenvalue weighted by atomic mass is 10.3. The summed E-state index contributed by atoms with van der Waals surface area (Å²) in [5.74, 6) is 0.133. The van der Waals surface area contributed by atoms with E-state index in [1.54, 1.807) is 13.0 Å². The number of ether oxygens (including phenoxy) is 1. The van der Waals surface area contributed by atoms with Gasteiger partial charge >= 0.3 is 0 Å². The first-order valence-corrected chi connectivity index (χ1v) is 5.69. The van der Waals surface area contributed by atoms with E-state index in [4.69, 9.17) is 9.15 Å². The lowest BCUT2D eigenvalue weighted by Crippen LogP contribution is -2.28. The Bertz CT molecular complexity index is 569. The highest BCUT2D eigenvalue weighted by Crippen LogP contribution is 2.11. The third-order valence-electron chi connectivity index (χ3n) is 2.30. The van der Waals surface area contributed by atoms with Crippen molar-refractivity contribution in [2.75, 3.05) is 6.61 Å². The maximum atomic E-state index is 12.9. The van der Waals surface area contributed by atoms with Gasteiger partial charge in [-0.2, -0.15) is 0 Å². The molecule has 2 rings (SSSR count). The Balaban J connectivity index is 1.75. The first-order chi connectivity index (χ1) is 9.13. The van der Waals surface area contributed by atoms with Crippen LogP contribution < -0.4 is 10.1 Å². The molecule has 19 heavy (non-hydrogen) atoms. The minimum Gasteiger partial charge on any atom is -0.484 e. The van der Waals surface area contributed by atoms with Gasteiger partial charge < -0.3 is 14.5 Å². The van der Waals surface area contributed by atoms with E-state index in [1.807, 2.05) is 0 Å². The average Bonchev–Trinajstić information content (AvgIpc) is 2.80. The molecule has 0 fully saturated rings.